The maximum atomic E-state index is 12.5. The Labute approximate surface area is 149 Å². The molecule has 7 heteroatoms. The van der Waals surface area contributed by atoms with E-state index < -0.39 is 10.0 Å². The van der Waals surface area contributed by atoms with Crippen LogP contribution in [0.15, 0.2) is 24.3 Å². The monoisotopic (exact) mass is 366 g/mol. The lowest BCUT2D eigenvalue weighted by atomic mass is 10.1. The molecule has 2 aliphatic rings. The van der Waals surface area contributed by atoms with E-state index in [1.165, 1.54) is 0 Å². The summed E-state index contributed by atoms with van der Waals surface area (Å²) in [7, 11) is -3.27. The Morgan fingerprint density at radius 1 is 1.12 bits per heavy atom. The van der Waals surface area contributed by atoms with E-state index in [0.29, 0.717) is 30.8 Å². The van der Waals surface area contributed by atoms with Gasteiger partial charge in [0.1, 0.15) is 0 Å². The van der Waals surface area contributed by atoms with Crippen LogP contribution >= 0.6 is 0 Å². The molecule has 1 N–H and O–H groups in total. The van der Waals surface area contributed by atoms with Crippen molar-refractivity contribution in [2.24, 2.45) is 0 Å². The van der Waals surface area contributed by atoms with Crippen molar-refractivity contribution in [3.05, 3.63) is 35.4 Å². The molecular formula is C18H26N2O4S. The van der Waals surface area contributed by atoms with E-state index in [4.69, 9.17) is 4.74 Å². The number of nitrogens with one attached hydrogen (secondary N) is 1. The number of hydrogen-bond acceptors (Lipinski definition) is 4. The Hall–Kier alpha value is -1.44. The van der Waals surface area contributed by atoms with E-state index in [2.05, 4.69) is 5.32 Å². The average molecular weight is 366 g/mol. The first-order valence-electron chi connectivity index (χ1n) is 9.01. The molecule has 2 aliphatic heterocycles. The Balaban J connectivity index is 1.55. The summed E-state index contributed by atoms with van der Waals surface area (Å²) >= 11 is 0. The fourth-order valence-electron chi connectivity index (χ4n) is 3.31. The van der Waals surface area contributed by atoms with E-state index >= 15 is 0 Å². The SMILES string of the molecule is O=C(NC[C@@H]1CCCO1)c1ccc(CS(=O)(=O)N2CCCCC2)cc1. The molecule has 0 spiro atoms. The van der Waals surface area contributed by atoms with Crippen LogP contribution in [0.2, 0.25) is 0 Å². The van der Waals surface area contributed by atoms with Gasteiger partial charge in [-0.3, -0.25) is 4.79 Å². The van der Waals surface area contributed by atoms with Crippen LogP contribution in [0.4, 0.5) is 0 Å². The van der Waals surface area contributed by atoms with Gasteiger partial charge in [0.15, 0.2) is 0 Å². The molecule has 0 bridgehead atoms. The zero-order chi connectivity index (χ0) is 17.7. The van der Waals surface area contributed by atoms with Crippen molar-refractivity contribution < 1.29 is 17.9 Å². The van der Waals surface area contributed by atoms with Gasteiger partial charge in [0.2, 0.25) is 10.0 Å². The van der Waals surface area contributed by atoms with E-state index in [-0.39, 0.29) is 17.8 Å². The van der Waals surface area contributed by atoms with Gasteiger partial charge in [0.25, 0.3) is 5.91 Å². The normalized spacial score (nSPS) is 22.0. The average Bonchev–Trinajstić information content (AvgIpc) is 3.14. The summed E-state index contributed by atoms with van der Waals surface area (Å²) in [5, 5.41) is 2.87. The first kappa shape index (κ1) is 18.4. The molecule has 3 rings (SSSR count). The largest absolute Gasteiger partial charge is 0.376 e. The first-order valence-corrected chi connectivity index (χ1v) is 10.6. The molecule has 0 aromatic heterocycles. The number of hydrogen-bond donors (Lipinski definition) is 1. The van der Waals surface area contributed by atoms with Crippen LogP contribution < -0.4 is 5.32 Å². The van der Waals surface area contributed by atoms with Crippen molar-refractivity contribution in [3.63, 3.8) is 0 Å². The molecule has 0 saturated carbocycles. The number of carbonyl (C=O) groups is 1. The highest BCUT2D eigenvalue weighted by Crippen LogP contribution is 2.17. The Bertz CT molecular complexity index is 676. The Morgan fingerprint density at radius 3 is 2.48 bits per heavy atom. The molecule has 1 atom stereocenters. The predicted octanol–water partition coefficient (Wildman–Crippen LogP) is 1.91. The highest BCUT2D eigenvalue weighted by molar-refractivity contribution is 7.88. The minimum atomic E-state index is -3.27. The first-order chi connectivity index (χ1) is 12.0. The van der Waals surface area contributed by atoms with Crippen LogP contribution in [0.3, 0.4) is 0 Å². The summed E-state index contributed by atoms with van der Waals surface area (Å²) in [4.78, 5) is 12.2. The van der Waals surface area contributed by atoms with E-state index in [0.717, 1.165) is 38.7 Å². The van der Waals surface area contributed by atoms with Gasteiger partial charge in [0, 0.05) is 31.8 Å². The molecule has 2 saturated heterocycles. The predicted molar refractivity (Wildman–Crippen MR) is 95.8 cm³/mol. The highest BCUT2D eigenvalue weighted by atomic mass is 32.2. The second-order valence-corrected chi connectivity index (χ2v) is 8.73. The number of nitrogens with zero attached hydrogens (tertiary/aromatic N) is 1. The van der Waals surface area contributed by atoms with Gasteiger partial charge < -0.3 is 10.1 Å². The van der Waals surface area contributed by atoms with Crippen LogP contribution in [-0.2, 0) is 20.5 Å². The maximum absolute atomic E-state index is 12.5. The quantitative estimate of drug-likeness (QED) is 0.834. The van der Waals surface area contributed by atoms with E-state index in [9.17, 15) is 13.2 Å². The van der Waals surface area contributed by atoms with Crippen LogP contribution in [0, 0.1) is 0 Å². The lowest BCUT2D eigenvalue weighted by molar-refractivity contribution is 0.0858. The molecule has 1 aromatic rings. The van der Waals surface area contributed by atoms with E-state index in [1.54, 1.807) is 28.6 Å². The van der Waals surface area contributed by atoms with Crippen molar-refractivity contribution in [2.45, 2.75) is 44.0 Å². The van der Waals surface area contributed by atoms with Gasteiger partial charge in [-0.2, -0.15) is 0 Å². The molecule has 0 aliphatic carbocycles. The van der Waals surface area contributed by atoms with Crippen molar-refractivity contribution >= 4 is 15.9 Å². The molecule has 2 heterocycles. The second kappa shape index (κ2) is 8.29. The van der Waals surface area contributed by atoms with Crippen LogP contribution in [0.1, 0.15) is 48.0 Å². The number of benzene rings is 1. The molecule has 2 fully saturated rings. The van der Waals surface area contributed by atoms with Gasteiger partial charge >= 0.3 is 0 Å². The minimum Gasteiger partial charge on any atom is -0.376 e. The number of carbonyl (C=O) groups excluding carboxylic acids is 1. The fourth-order valence-corrected chi connectivity index (χ4v) is 4.92. The van der Waals surface area contributed by atoms with Crippen LogP contribution in [0.5, 0.6) is 0 Å². The smallest absolute Gasteiger partial charge is 0.251 e. The zero-order valence-electron chi connectivity index (χ0n) is 14.4. The molecule has 0 unspecified atom stereocenters. The molecule has 1 amide bonds. The van der Waals surface area contributed by atoms with Crippen molar-refractivity contribution in [1.82, 2.24) is 9.62 Å². The zero-order valence-corrected chi connectivity index (χ0v) is 15.3. The van der Waals surface area contributed by atoms with Crippen LogP contribution in [0.25, 0.3) is 0 Å². The minimum absolute atomic E-state index is 0.00911. The maximum Gasteiger partial charge on any atom is 0.251 e. The standard InChI is InChI=1S/C18H26N2O4S/c21-18(19-13-17-5-4-12-24-17)16-8-6-15(7-9-16)14-25(22,23)20-10-2-1-3-11-20/h6-9,17H,1-5,10-14H2,(H,19,21)/t17-/m0/s1. The summed E-state index contributed by atoms with van der Waals surface area (Å²) in [5.41, 5.74) is 1.25. The molecule has 6 nitrogen and oxygen atoms in total. The number of amides is 1. The number of piperidine rings is 1. The molecule has 0 radical (unpaired) electrons. The topological polar surface area (TPSA) is 75.7 Å². The summed E-state index contributed by atoms with van der Waals surface area (Å²) in [6.07, 6.45) is 5.10. The third-order valence-electron chi connectivity index (χ3n) is 4.79. The van der Waals surface area contributed by atoms with Gasteiger partial charge in [-0.05, 0) is 43.4 Å². The highest BCUT2D eigenvalue weighted by Gasteiger charge is 2.24. The van der Waals surface area contributed by atoms with E-state index in [1.807, 2.05) is 0 Å². The summed E-state index contributed by atoms with van der Waals surface area (Å²) in [5.74, 6) is -0.161. The third-order valence-corrected chi connectivity index (χ3v) is 6.64. The molecule has 1 aromatic carbocycles. The van der Waals surface area contributed by atoms with Crippen molar-refractivity contribution in [1.29, 1.82) is 0 Å². The van der Waals surface area contributed by atoms with Gasteiger partial charge in [-0.1, -0.05) is 18.6 Å². The van der Waals surface area contributed by atoms with Gasteiger partial charge in [-0.25, -0.2) is 12.7 Å². The van der Waals surface area contributed by atoms with Crippen molar-refractivity contribution in [2.75, 3.05) is 26.2 Å². The summed E-state index contributed by atoms with van der Waals surface area (Å²) in [6, 6.07) is 6.82. The number of rotatable bonds is 6. The molecular weight excluding hydrogens is 340 g/mol. The van der Waals surface area contributed by atoms with Gasteiger partial charge in [-0.15, -0.1) is 0 Å². The lowest BCUT2D eigenvalue weighted by Crippen LogP contribution is -2.36. The summed E-state index contributed by atoms with van der Waals surface area (Å²) in [6.45, 7) is 2.52. The Morgan fingerprint density at radius 2 is 1.84 bits per heavy atom. The summed E-state index contributed by atoms with van der Waals surface area (Å²) < 4.78 is 32.0. The number of sulfonamides is 1. The fraction of sp³-hybridized carbons (Fsp3) is 0.611. The molecule has 138 valence electrons. The lowest BCUT2D eigenvalue weighted by Gasteiger charge is -2.25. The number of ether oxygens (including phenoxy) is 1. The molecule has 25 heavy (non-hydrogen) atoms. The Kier molecular flexibility index (Phi) is 6.09. The van der Waals surface area contributed by atoms with Crippen molar-refractivity contribution in [3.8, 4) is 0 Å². The van der Waals surface area contributed by atoms with Crippen LogP contribution in [-0.4, -0.2) is 51.0 Å². The second-order valence-electron chi connectivity index (χ2n) is 6.76. The van der Waals surface area contributed by atoms with Gasteiger partial charge in [0.05, 0.1) is 11.9 Å². The third kappa shape index (κ3) is 5.03.